The Hall–Kier alpha value is -2.30. The molecule has 1 unspecified atom stereocenters. The van der Waals surface area contributed by atoms with Crippen LogP contribution in [0.15, 0.2) is 53.4 Å². The maximum absolute atomic E-state index is 13.6. The molecule has 2 fully saturated rings. The fourth-order valence-corrected chi connectivity index (χ4v) is 5.75. The van der Waals surface area contributed by atoms with E-state index >= 15 is 0 Å². The molecule has 4 rings (SSSR count). The predicted octanol–water partition coefficient (Wildman–Crippen LogP) is 2.30. The van der Waals surface area contributed by atoms with Gasteiger partial charge in [0.15, 0.2) is 0 Å². The number of amides is 2. The summed E-state index contributed by atoms with van der Waals surface area (Å²) in [5, 5.41) is 0.409. The molecule has 0 saturated carbocycles. The van der Waals surface area contributed by atoms with Crippen molar-refractivity contribution in [2.24, 2.45) is 0 Å². The molecular formula is C23H26ClN3O5S. The maximum atomic E-state index is 13.6. The number of morpholine rings is 1. The lowest BCUT2D eigenvalue weighted by Crippen LogP contribution is -2.49. The summed E-state index contributed by atoms with van der Waals surface area (Å²) in [6, 6.07) is 11.7. The van der Waals surface area contributed by atoms with Gasteiger partial charge in [0.1, 0.15) is 6.04 Å². The van der Waals surface area contributed by atoms with Gasteiger partial charge in [-0.1, -0.05) is 29.3 Å². The summed E-state index contributed by atoms with van der Waals surface area (Å²) in [7, 11) is -4.05. The van der Waals surface area contributed by atoms with Crippen LogP contribution >= 0.6 is 11.6 Å². The molecule has 33 heavy (non-hydrogen) atoms. The van der Waals surface area contributed by atoms with Crippen molar-refractivity contribution in [2.45, 2.75) is 24.3 Å². The highest BCUT2D eigenvalue weighted by molar-refractivity contribution is 7.89. The first-order chi connectivity index (χ1) is 15.8. The molecule has 2 aromatic carbocycles. The lowest BCUT2D eigenvalue weighted by molar-refractivity contribution is -0.122. The Balaban J connectivity index is 1.64. The van der Waals surface area contributed by atoms with Crippen LogP contribution in [-0.2, 0) is 24.3 Å². The molecule has 1 atom stereocenters. The monoisotopic (exact) mass is 491 g/mol. The summed E-state index contributed by atoms with van der Waals surface area (Å²) in [5.74, 6) is -0.958. The topological polar surface area (TPSA) is 87.2 Å². The van der Waals surface area contributed by atoms with Gasteiger partial charge >= 0.3 is 0 Å². The van der Waals surface area contributed by atoms with Gasteiger partial charge in [-0.25, -0.2) is 13.3 Å². The van der Waals surface area contributed by atoms with Gasteiger partial charge in [0.25, 0.3) is 5.91 Å². The number of benzene rings is 2. The van der Waals surface area contributed by atoms with Crippen molar-refractivity contribution < 1.29 is 22.7 Å². The second-order valence-corrected chi connectivity index (χ2v) is 10.5. The van der Waals surface area contributed by atoms with Crippen LogP contribution in [-0.4, -0.2) is 74.9 Å². The third-order valence-electron chi connectivity index (χ3n) is 5.92. The minimum Gasteiger partial charge on any atom is -0.379 e. The molecule has 8 nitrogen and oxygen atoms in total. The largest absolute Gasteiger partial charge is 0.379 e. The summed E-state index contributed by atoms with van der Waals surface area (Å²) >= 11 is 5.94. The molecule has 2 saturated heterocycles. The van der Waals surface area contributed by atoms with Gasteiger partial charge in [0.2, 0.25) is 15.9 Å². The molecule has 2 heterocycles. The normalized spacial score (nSPS) is 20.1. The van der Waals surface area contributed by atoms with Gasteiger partial charge in [-0.2, -0.15) is 4.31 Å². The van der Waals surface area contributed by atoms with Crippen LogP contribution in [0.5, 0.6) is 0 Å². The molecule has 0 spiro atoms. The Morgan fingerprint density at radius 2 is 1.67 bits per heavy atom. The zero-order valence-corrected chi connectivity index (χ0v) is 19.9. The standard InChI is InChI=1S/C23H26ClN3O5S/c1-17-2-6-19(7-3-17)27-22(28)16-21(23(27)29)26(11-10-25-12-14-32-15-13-25)33(30,31)20-8-4-18(24)5-9-20/h2-9,21H,10-16H2,1H3. The van der Waals surface area contributed by atoms with Gasteiger partial charge in [0.05, 0.1) is 30.2 Å². The van der Waals surface area contributed by atoms with E-state index in [-0.39, 0.29) is 17.9 Å². The number of hydrogen-bond acceptors (Lipinski definition) is 6. The van der Waals surface area contributed by atoms with E-state index in [1.54, 1.807) is 12.1 Å². The van der Waals surface area contributed by atoms with Gasteiger partial charge in [-0.3, -0.25) is 14.5 Å². The number of anilines is 1. The van der Waals surface area contributed by atoms with Crippen LogP contribution in [0.2, 0.25) is 5.02 Å². The van der Waals surface area contributed by atoms with Crippen molar-refractivity contribution >= 4 is 39.1 Å². The first-order valence-corrected chi connectivity index (χ1v) is 12.6. The molecule has 0 radical (unpaired) electrons. The zero-order valence-electron chi connectivity index (χ0n) is 18.3. The second kappa shape index (κ2) is 9.90. The fraction of sp³-hybridized carbons (Fsp3) is 0.391. The number of halogens is 1. The number of carbonyl (C=O) groups excluding carboxylic acids is 2. The zero-order chi connectivity index (χ0) is 23.6. The third kappa shape index (κ3) is 5.12. The summed E-state index contributed by atoms with van der Waals surface area (Å²) < 4.78 is 33.7. The van der Waals surface area contributed by atoms with Crippen LogP contribution < -0.4 is 4.90 Å². The Kier molecular flexibility index (Phi) is 7.16. The van der Waals surface area contributed by atoms with E-state index in [2.05, 4.69) is 4.90 Å². The summed E-state index contributed by atoms with van der Waals surface area (Å²) in [5.41, 5.74) is 1.43. The minimum absolute atomic E-state index is 0.0305. The predicted molar refractivity (Wildman–Crippen MR) is 125 cm³/mol. The van der Waals surface area contributed by atoms with E-state index < -0.39 is 27.9 Å². The van der Waals surface area contributed by atoms with E-state index in [4.69, 9.17) is 16.3 Å². The van der Waals surface area contributed by atoms with Crippen LogP contribution in [0.1, 0.15) is 12.0 Å². The van der Waals surface area contributed by atoms with Crippen LogP contribution in [0, 0.1) is 6.92 Å². The molecule has 0 aromatic heterocycles. The molecule has 0 N–H and O–H groups in total. The van der Waals surface area contributed by atoms with Crippen LogP contribution in [0.25, 0.3) is 0 Å². The first kappa shape index (κ1) is 23.8. The summed E-state index contributed by atoms with van der Waals surface area (Å²) in [4.78, 5) is 29.4. The molecule has 2 aliphatic heterocycles. The number of hydrogen-bond donors (Lipinski definition) is 0. The summed E-state index contributed by atoms with van der Waals surface area (Å²) in [6.07, 6.45) is -0.206. The fourth-order valence-electron chi connectivity index (χ4n) is 4.06. The molecule has 2 aliphatic rings. The van der Waals surface area contributed by atoms with Gasteiger partial charge < -0.3 is 4.74 Å². The van der Waals surface area contributed by atoms with E-state index in [0.717, 1.165) is 10.5 Å². The smallest absolute Gasteiger partial charge is 0.252 e. The van der Waals surface area contributed by atoms with Gasteiger partial charge in [-0.15, -0.1) is 0 Å². The van der Waals surface area contributed by atoms with E-state index in [1.807, 2.05) is 19.1 Å². The molecule has 2 amide bonds. The van der Waals surface area contributed by atoms with Crippen molar-refractivity contribution in [3.63, 3.8) is 0 Å². The van der Waals surface area contributed by atoms with Crippen LogP contribution in [0.3, 0.4) is 0 Å². The molecule has 0 aliphatic carbocycles. The van der Waals surface area contributed by atoms with E-state index in [1.165, 1.54) is 28.6 Å². The number of carbonyl (C=O) groups is 2. The van der Waals surface area contributed by atoms with E-state index in [0.29, 0.717) is 43.6 Å². The highest BCUT2D eigenvalue weighted by atomic mass is 35.5. The van der Waals surface area contributed by atoms with Crippen molar-refractivity contribution in [2.75, 3.05) is 44.3 Å². The maximum Gasteiger partial charge on any atom is 0.252 e. The second-order valence-electron chi connectivity index (χ2n) is 8.15. The van der Waals surface area contributed by atoms with Crippen molar-refractivity contribution in [3.05, 3.63) is 59.1 Å². The highest BCUT2D eigenvalue weighted by Crippen LogP contribution is 2.30. The van der Waals surface area contributed by atoms with Crippen LogP contribution in [0.4, 0.5) is 5.69 Å². The number of ether oxygens (including phenoxy) is 1. The average molecular weight is 492 g/mol. The molecular weight excluding hydrogens is 466 g/mol. The quantitative estimate of drug-likeness (QED) is 0.552. The highest BCUT2D eigenvalue weighted by Gasteiger charge is 2.46. The average Bonchev–Trinajstić information content (AvgIpc) is 3.09. The van der Waals surface area contributed by atoms with Crippen molar-refractivity contribution in [1.29, 1.82) is 0 Å². The number of rotatable bonds is 7. The van der Waals surface area contributed by atoms with Crippen molar-refractivity contribution in [1.82, 2.24) is 9.21 Å². The minimum atomic E-state index is -4.05. The van der Waals surface area contributed by atoms with Gasteiger partial charge in [-0.05, 0) is 43.3 Å². The first-order valence-electron chi connectivity index (χ1n) is 10.8. The molecule has 2 aromatic rings. The molecule has 10 heteroatoms. The number of sulfonamides is 1. The lowest BCUT2D eigenvalue weighted by atomic mass is 10.2. The Labute approximate surface area is 198 Å². The third-order valence-corrected chi connectivity index (χ3v) is 8.10. The number of nitrogens with zero attached hydrogens (tertiary/aromatic N) is 3. The Bertz CT molecular complexity index is 1120. The number of imide groups is 1. The summed E-state index contributed by atoms with van der Waals surface area (Å²) in [6.45, 7) is 4.93. The molecule has 0 bridgehead atoms. The number of aryl methyl sites for hydroxylation is 1. The van der Waals surface area contributed by atoms with E-state index in [9.17, 15) is 18.0 Å². The Morgan fingerprint density at radius 1 is 1.03 bits per heavy atom. The Morgan fingerprint density at radius 3 is 2.30 bits per heavy atom. The SMILES string of the molecule is Cc1ccc(N2C(=O)CC(N(CCN3CCOCC3)S(=O)(=O)c3ccc(Cl)cc3)C2=O)cc1. The lowest BCUT2D eigenvalue weighted by Gasteiger charge is -2.31. The molecule has 176 valence electrons. The van der Waals surface area contributed by atoms with Crippen molar-refractivity contribution in [3.8, 4) is 0 Å². The van der Waals surface area contributed by atoms with Gasteiger partial charge in [0, 0.05) is 31.2 Å².